The molecule has 0 aliphatic heterocycles. The summed E-state index contributed by atoms with van der Waals surface area (Å²) in [5.74, 6) is -1.13. The van der Waals surface area contributed by atoms with Crippen LogP contribution in [-0.4, -0.2) is 30.6 Å². The average molecular weight is 226 g/mol. The molecule has 0 saturated heterocycles. The Morgan fingerprint density at radius 2 is 2.31 bits per heavy atom. The van der Waals surface area contributed by atoms with Crippen LogP contribution in [0.15, 0.2) is 12.2 Å². The van der Waals surface area contributed by atoms with Gasteiger partial charge in [0.25, 0.3) is 0 Å². The van der Waals surface area contributed by atoms with Crippen molar-refractivity contribution >= 4 is 11.9 Å². The maximum Gasteiger partial charge on any atom is 0.332 e. The van der Waals surface area contributed by atoms with Gasteiger partial charge < -0.3 is 15.8 Å². The van der Waals surface area contributed by atoms with Gasteiger partial charge in [-0.1, -0.05) is 12.2 Å². The van der Waals surface area contributed by atoms with Gasteiger partial charge in [0.1, 0.15) is 0 Å². The SMILES string of the molecule is CCOC(=O)C(N)C(=O)NC1CC=CCC1. The van der Waals surface area contributed by atoms with Gasteiger partial charge in [-0.3, -0.25) is 4.79 Å². The number of hydrogen-bond donors (Lipinski definition) is 2. The summed E-state index contributed by atoms with van der Waals surface area (Å²) < 4.78 is 4.68. The van der Waals surface area contributed by atoms with Crippen LogP contribution in [0.25, 0.3) is 0 Å². The number of allylic oxidation sites excluding steroid dienone is 1. The van der Waals surface area contributed by atoms with Crippen molar-refractivity contribution in [2.45, 2.75) is 38.3 Å². The molecule has 90 valence electrons. The van der Waals surface area contributed by atoms with Crippen LogP contribution in [0, 0.1) is 0 Å². The molecule has 0 aromatic carbocycles. The van der Waals surface area contributed by atoms with Crippen molar-refractivity contribution < 1.29 is 14.3 Å². The molecule has 2 unspecified atom stereocenters. The zero-order valence-corrected chi connectivity index (χ0v) is 9.44. The molecule has 0 aromatic rings. The maximum atomic E-state index is 11.6. The molecule has 5 heteroatoms. The van der Waals surface area contributed by atoms with Crippen LogP contribution >= 0.6 is 0 Å². The Hall–Kier alpha value is -1.36. The molecule has 0 spiro atoms. The first kappa shape index (κ1) is 12.7. The Kier molecular flexibility index (Phi) is 4.98. The van der Waals surface area contributed by atoms with E-state index < -0.39 is 17.9 Å². The van der Waals surface area contributed by atoms with Gasteiger partial charge >= 0.3 is 5.97 Å². The molecule has 1 rings (SSSR count). The molecular weight excluding hydrogens is 208 g/mol. The molecule has 1 aliphatic carbocycles. The Labute approximate surface area is 95.0 Å². The largest absolute Gasteiger partial charge is 0.464 e. The standard InChI is InChI=1S/C11H18N2O3/c1-2-16-11(15)9(12)10(14)13-8-6-4-3-5-7-8/h3-4,8-9H,2,5-7,12H2,1H3,(H,13,14). The molecule has 1 aliphatic rings. The van der Waals surface area contributed by atoms with Crippen molar-refractivity contribution in [3.63, 3.8) is 0 Å². The summed E-state index contributed by atoms with van der Waals surface area (Å²) in [6.45, 7) is 1.90. The summed E-state index contributed by atoms with van der Waals surface area (Å²) in [7, 11) is 0. The normalized spacial score (nSPS) is 21.2. The third kappa shape index (κ3) is 3.66. The monoisotopic (exact) mass is 226 g/mol. The van der Waals surface area contributed by atoms with E-state index in [4.69, 9.17) is 5.73 Å². The van der Waals surface area contributed by atoms with Gasteiger partial charge in [-0.05, 0) is 26.2 Å². The van der Waals surface area contributed by atoms with Gasteiger partial charge in [-0.2, -0.15) is 0 Å². The second-order valence-electron chi connectivity index (χ2n) is 3.72. The fourth-order valence-electron chi connectivity index (χ4n) is 1.55. The number of carbonyl (C=O) groups is 2. The average Bonchev–Trinajstić information content (AvgIpc) is 2.29. The van der Waals surface area contributed by atoms with Crippen molar-refractivity contribution in [3.8, 4) is 0 Å². The molecule has 0 heterocycles. The number of carbonyl (C=O) groups excluding carboxylic acids is 2. The van der Waals surface area contributed by atoms with Crippen LogP contribution in [0.4, 0.5) is 0 Å². The smallest absolute Gasteiger partial charge is 0.332 e. The van der Waals surface area contributed by atoms with Gasteiger partial charge in [-0.25, -0.2) is 4.79 Å². The van der Waals surface area contributed by atoms with Crippen LogP contribution in [-0.2, 0) is 14.3 Å². The van der Waals surface area contributed by atoms with E-state index in [1.165, 1.54) is 0 Å². The molecular formula is C11H18N2O3. The summed E-state index contributed by atoms with van der Waals surface area (Å²) in [6, 6.07) is -1.14. The van der Waals surface area contributed by atoms with E-state index in [-0.39, 0.29) is 12.6 Å². The second kappa shape index (κ2) is 6.27. The van der Waals surface area contributed by atoms with E-state index in [1.54, 1.807) is 6.92 Å². The Balaban J connectivity index is 2.38. The van der Waals surface area contributed by atoms with E-state index in [0.29, 0.717) is 0 Å². The van der Waals surface area contributed by atoms with Crippen molar-refractivity contribution in [2.75, 3.05) is 6.61 Å². The van der Waals surface area contributed by atoms with Crippen LogP contribution in [0.1, 0.15) is 26.2 Å². The second-order valence-corrected chi connectivity index (χ2v) is 3.72. The van der Waals surface area contributed by atoms with Gasteiger partial charge in [0, 0.05) is 6.04 Å². The first-order chi connectivity index (χ1) is 7.65. The lowest BCUT2D eigenvalue weighted by Gasteiger charge is -2.20. The highest BCUT2D eigenvalue weighted by atomic mass is 16.5. The van der Waals surface area contributed by atoms with Gasteiger partial charge in [0.2, 0.25) is 5.91 Å². The first-order valence-corrected chi connectivity index (χ1v) is 5.52. The third-order valence-electron chi connectivity index (χ3n) is 2.44. The van der Waals surface area contributed by atoms with E-state index in [0.717, 1.165) is 19.3 Å². The molecule has 0 saturated carbocycles. The maximum absolute atomic E-state index is 11.6. The number of rotatable bonds is 4. The van der Waals surface area contributed by atoms with Gasteiger partial charge in [-0.15, -0.1) is 0 Å². The Morgan fingerprint density at radius 1 is 1.56 bits per heavy atom. The van der Waals surface area contributed by atoms with Crippen LogP contribution in [0.2, 0.25) is 0 Å². The van der Waals surface area contributed by atoms with E-state index in [9.17, 15) is 9.59 Å². The minimum absolute atomic E-state index is 0.0815. The van der Waals surface area contributed by atoms with Crippen molar-refractivity contribution in [2.24, 2.45) is 5.73 Å². The van der Waals surface area contributed by atoms with Crippen molar-refractivity contribution in [1.82, 2.24) is 5.32 Å². The Morgan fingerprint density at radius 3 is 2.88 bits per heavy atom. The molecule has 1 amide bonds. The first-order valence-electron chi connectivity index (χ1n) is 5.52. The highest BCUT2D eigenvalue weighted by Crippen LogP contribution is 2.10. The van der Waals surface area contributed by atoms with Crippen LogP contribution in [0.3, 0.4) is 0 Å². The zero-order valence-electron chi connectivity index (χ0n) is 9.44. The predicted octanol–water partition coefficient (Wildman–Crippen LogP) is 0.102. The Bertz CT molecular complexity index is 289. The summed E-state index contributed by atoms with van der Waals surface area (Å²) in [4.78, 5) is 22.8. The molecule has 2 atom stereocenters. The number of ether oxygens (including phenoxy) is 1. The van der Waals surface area contributed by atoms with Crippen LogP contribution in [0.5, 0.6) is 0 Å². The number of esters is 1. The third-order valence-corrected chi connectivity index (χ3v) is 2.44. The summed E-state index contributed by atoms with van der Waals surface area (Å²) >= 11 is 0. The minimum Gasteiger partial charge on any atom is -0.464 e. The minimum atomic E-state index is -1.22. The summed E-state index contributed by atoms with van der Waals surface area (Å²) in [5, 5.41) is 2.74. The van der Waals surface area contributed by atoms with E-state index >= 15 is 0 Å². The molecule has 0 bridgehead atoms. The van der Waals surface area contributed by atoms with Gasteiger partial charge in [0.15, 0.2) is 6.04 Å². The highest BCUT2D eigenvalue weighted by molar-refractivity contribution is 6.01. The molecule has 0 radical (unpaired) electrons. The van der Waals surface area contributed by atoms with Gasteiger partial charge in [0.05, 0.1) is 6.61 Å². The van der Waals surface area contributed by atoms with Crippen LogP contribution < -0.4 is 11.1 Å². The number of amides is 1. The number of hydrogen-bond acceptors (Lipinski definition) is 4. The molecule has 0 aromatic heterocycles. The fraction of sp³-hybridized carbons (Fsp3) is 0.636. The molecule has 5 nitrogen and oxygen atoms in total. The lowest BCUT2D eigenvalue weighted by Crippen LogP contribution is -2.50. The number of nitrogens with one attached hydrogen (secondary N) is 1. The zero-order chi connectivity index (χ0) is 12.0. The lowest BCUT2D eigenvalue weighted by molar-refractivity contribution is -0.148. The highest BCUT2D eigenvalue weighted by Gasteiger charge is 2.25. The quantitative estimate of drug-likeness (QED) is 0.405. The van der Waals surface area contributed by atoms with Crippen molar-refractivity contribution in [1.29, 1.82) is 0 Å². The fourth-order valence-corrected chi connectivity index (χ4v) is 1.55. The molecule has 3 N–H and O–H groups in total. The predicted molar refractivity (Wildman–Crippen MR) is 59.5 cm³/mol. The lowest BCUT2D eigenvalue weighted by atomic mass is 10.0. The van der Waals surface area contributed by atoms with E-state index in [2.05, 4.69) is 16.1 Å². The summed E-state index contributed by atoms with van der Waals surface area (Å²) in [5.41, 5.74) is 5.46. The topological polar surface area (TPSA) is 81.4 Å². The summed E-state index contributed by atoms with van der Waals surface area (Å²) in [6.07, 6.45) is 6.72. The van der Waals surface area contributed by atoms with E-state index in [1.807, 2.05) is 6.08 Å². The molecule has 0 fully saturated rings. The number of nitrogens with two attached hydrogens (primary N) is 1. The van der Waals surface area contributed by atoms with Crippen molar-refractivity contribution in [3.05, 3.63) is 12.2 Å². The molecule has 16 heavy (non-hydrogen) atoms.